The summed E-state index contributed by atoms with van der Waals surface area (Å²) < 4.78 is 5.99. The molecule has 1 aromatic carbocycles. The van der Waals surface area contributed by atoms with Crippen molar-refractivity contribution in [2.45, 2.75) is 6.54 Å². The highest BCUT2D eigenvalue weighted by molar-refractivity contribution is 9.10. The first-order valence-corrected chi connectivity index (χ1v) is 6.75. The fourth-order valence-electron chi connectivity index (χ4n) is 1.36. The van der Waals surface area contributed by atoms with Crippen LogP contribution in [0, 0.1) is 0 Å². The summed E-state index contributed by atoms with van der Waals surface area (Å²) in [5.74, 6) is 0. The standard InChI is InChI=1S/C12H18BrClN2O/c1-17-7-6-15-4-5-16-9-10-2-3-11(14)8-12(10)13/h2-3,8,15-16H,4-7,9H2,1H3. The van der Waals surface area contributed by atoms with E-state index in [0.717, 1.165) is 42.3 Å². The molecule has 96 valence electrons. The molecule has 0 unspecified atom stereocenters. The molecule has 0 saturated heterocycles. The van der Waals surface area contributed by atoms with E-state index in [1.807, 2.05) is 18.2 Å². The predicted molar refractivity (Wildman–Crippen MR) is 75.6 cm³/mol. The molecule has 0 aliphatic heterocycles. The van der Waals surface area contributed by atoms with Gasteiger partial charge in [-0.2, -0.15) is 0 Å². The van der Waals surface area contributed by atoms with Gasteiger partial charge in [-0.05, 0) is 17.7 Å². The average molecular weight is 322 g/mol. The van der Waals surface area contributed by atoms with Crippen LogP contribution < -0.4 is 10.6 Å². The summed E-state index contributed by atoms with van der Waals surface area (Å²) in [6.07, 6.45) is 0. The lowest BCUT2D eigenvalue weighted by Gasteiger charge is -2.08. The molecule has 0 aliphatic rings. The monoisotopic (exact) mass is 320 g/mol. The third-order valence-electron chi connectivity index (χ3n) is 2.29. The van der Waals surface area contributed by atoms with Crippen molar-refractivity contribution in [3.63, 3.8) is 0 Å². The van der Waals surface area contributed by atoms with Crippen molar-refractivity contribution in [2.24, 2.45) is 0 Å². The summed E-state index contributed by atoms with van der Waals surface area (Å²) in [4.78, 5) is 0. The molecule has 0 atom stereocenters. The van der Waals surface area contributed by atoms with Crippen LogP contribution in [0.3, 0.4) is 0 Å². The van der Waals surface area contributed by atoms with Crippen molar-refractivity contribution in [1.82, 2.24) is 10.6 Å². The number of methoxy groups -OCH3 is 1. The minimum absolute atomic E-state index is 0.752. The van der Waals surface area contributed by atoms with Gasteiger partial charge in [-0.25, -0.2) is 0 Å². The Labute approximate surface area is 116 Å². The molecule has 0 bridgehead atoms. The van der Waals surface area contributed by atoms with Crippen LogP contribution in [0.1, 0.15) is 5.56 Å². The molecule has 0 heterocycles. The Balaban J connectivity index is 2.14. The summed E-state index contributed by atoms with van der Waals surface area (Å²) in [6, 6.07) is 5.84. The number of rotatable bonds is 8. The van der Waals surface area contributed by atoms with Crippen LogP contribution in [-0.2, 0) is 11.3 Å². The van der Waals surface area contributed by atoms with Gasteiger partial charge in [0.15, 0.2) is 0 Å². The van der Waals surface area contributed by atoms with Gasteiger partial charge in [-0.15, -0.1) is 0 Å². The van der Waals surface area contributed by atoms with Crippen LogP contribution in [0.4, 0.5) is 0 Å². The van der Waals surface area contributed by atoms with Gasteiger partial charge in [-0.3, -0.25) is 0 Å². The van der Waals surface area contributed by atoms with Crippen molar-refractivity contribution in [2.75, 3.05) is 33.4 Å². The molecule has 0 aliphatic carbocycles. The van der Waals surface area contributed by atoms with Gasteiger partial charge in [0.25, 0.3) is 0 Å². The van der Waals surface area contributed by atoms with Crippen molar-refractivity contribution in [1.29, 1.82) is 0 Å². The summed E-state index contributed by atoms with van der Waals surface area (Å²) in [6.45, 7) is 4.35. The van der Waals surface area contributed by atoms with E-state index >= 15 is 0 Å². The fourth-order valence-corrected chi connectivity index (χ4v) is 2.19. The highest BCUT2D eigenvalue weighted by Crippen LogP contribution is 2.21. The van der Waals surface area contributed by atoms with Crippen LogP contribution in [0.5, 0.6) is 0 Å². The van der Waals surface area contributed by atoms with E-state index in [0.29, 0.717) is 0 Å². The van der Waals surface area contributed by atoms with E-state index in [-0.39, 0.29) is 0 Å². The molecule has 17 heavy (non-hydrogen) atoms. The van der Waals surface area contributed by atoms with Crippen LogP contribution in [0.15, 0.2) is 22.7 Å². The maximum atomic E-state index is 5.88. The zero-order valence-corrected chi connectivity index (χ0v) is 12.3. The second kappa shape index (κ2) is 8.89. The molecule has 0 fully saturated rings. The first-order valence-electron chi connectivity index (χ1n) is 5.58. The Morgan fingerprint density at radius 1 is 1.24 bits per heavy atom. The summed E-state index contributed by atoms with van der Waals surface area (Å²) in [5.41, 5.74) is 1.21. The number of ether oxygens (including phenoxy) is 1. The average Bonchev–Trinajstić information content (AvgIpc) is 2.30. The van der Waals surface area contributed by atoms with Crippen LogP contribution in [0.2, 0.25) is 5.02 Å². The maximum absolute atomic E-state index is 5.88. The third kappa shape index (κ3) is 6.38. The fraction of sp³-hybridized carbons (Fsp3) is 0.500. The Bertz CT molecular complexity index is 336. The second-order valence-corrected chi connectivity index (χ2v) is 4.95. The largest absolute Gasteiger partial charge is 0.383 e. The highest BCUT2D eigenvalue weighted by Gasteiger charge is 1.99. The molecule has 1 aromatic rings. The predicted octanol–water partition coefficient (Wildman–Crippen LogP) is 2.43. The molecule has 0 aromatic heterocycles. The van der Waals surface area contributed by atoms with E-state index in [4.69, 9.17) is 16.3 Å². The molecule has 0 saturated carbocycles. The lowest BCUT2D eigenvalue weighted by atomic mass is 10.2. The van der Waals surface area contributed by atoms with Gasteiger partial charge in [0, 0.05) is 42.8 Å². The molecular formula is C12H18BrClN2O. The normalized spacial score (nSPS) is 10.8. The highest BCUT2D eigenvalue weighted by atomic mass is 79.9. The topological polar surface area (TPSA) is 33.3 Å². The summed E-state index contributed by atoms with van der Waals surface area (Å²) >= 11 is 9.37. The molecular weight excluding hydrogens is 304 g/mol. The molecule has 2 N–H and O–H groups in total. The summed E-state index contributed by atoms with van der Waals surface area (Å²) in [7, 11) is 1.71. The van der Waals surface area contributed by atoms with Crippen molar-refractivity contribution >= 4 is 27.5 Å². The number of nitrogens with one attached hydrogen (secondary N) is 2. The SMILES string of the molecule is COCCNCCNCc1ccc(Cl)cc1Br. The molecule has 0 spiro atoms. The third-order valence-corrected chi connectivity index (χ3v) is 3.27. The lowest BCUT2D eigenvalue weighted by molar-refractivity contribution is 0.199. The number of halogens is 2. The van der Waals surface area contributed by atoms with Gasteiger partial charge in [0.1, 0.15) is 0 Å². The van der Waals surface area contributed by atoms with Gasteiger partial charge in [0.2, 0.25) is 0 Å². The molecule has 3 nitrogen and oxygen atoms in total. The Hall–Kier alpha value is -0.130. The zero-order chi connectivity index (χ0) is 12.5. The molecule has 5 heteroatoms. The Morgan fingerprint density at radius 2 is 2.00 bits per heavy atom. The number of hydrogen-bond acceptors (Lipinski definition) is 3. The second-order valence-electron chi connectivity index (χ2n) is 3.66. The first kappa shape index (κ1) is 14.9. The van der Waals surface area contributed by atoms with E-state index in [9.17, 15) is 0 Å². The zero-order valence-electron chi connectivity index (χ0n) is 9.93. The Kier molecular flexibility index (Phi) is 7.81. The van der Waals surface area contributed by atoms with E-state index < -0.39 is 0 Å². The first-order chi connectivity index (χ1) is 8.24. The van der Waals surface area contributed by atoms with Gasteiger partial charge < -0.3 is 15.4 Å². The van der Waals surface area contributed by atoms with Crippen LogP contribution in [-0.4, -0.2) is 33.4 Å². The van der Waals surface area contributed by atoms with E-state index in [2.05, 4.69) is 26.6 Å². The lowest BCUT2D eigenvalue weighted by Crippen LogP contribution is -2.29. The smallest absolute Gasteiger partial charge is 0.0587 e. The summed E-state index contributed by atoms with van der Waals surface area (Å²) in [5, 5.41) is 7.39. The van der Waals surface area contributed by atoms with E-state index in [1.54, 1.807) is 7.11 Å². The molecule has 0 radical (unpaired) electrons. The quantitative estimate of drug-likeness (QED) is 0.722. The number of hydrogen-bond donors (Lipinski definition) is 2. The minimum Gasteiger partial charge on any atom is -0.383 e. The minimum atomic E-state index is 0.752. The van der Waals surface area contributed by atoms with Crippen molar-refractivity contribution < 1.29 is 4.74 Å². The van der Waals surface area contributed by atoms with Crippen LogP contribution >= 0.6 is 27.5 Å². The van der Waals surface area contributed by atoms with E-state index in [1.165, 1.54) is 5.56 Å². The van der Waals surface area contributed by atoms with Gasteiger partial charge in [0.05, 0.1) is 6.61 Å². The van der Waals surface area contributed by atoms with Crippen molar-refractivity contribution in [3.8, 4) is 0 Å². The van der Waals surface area contributed by atoms with Crippen molar-refractivity contribution in [3.05, 3.63) is 33.3 Å². The molecule has 1 rings (SSSR count). The maximum Gasteiger partial charge on any atom is 0.0587 e. The van der Waals surface area contributed by atoms with Gasteiger partial charge >= 0.3 is 0 Å². The Morgan fingerprint density at radius 3 is 2.71 bits per heavy atom. The van der Waals surface area contributed by atoms with Crippen LogP contribution in [0.25, 0.3) is 0 Å². The van der Waals surface area contributed by atoms with Gasteiger partial charge in [-0.1, -0.05) is 33.6 Å². The molecule has 0 amide bonds. The number of benzene rings is 1.